The number of fused-ring (bicyclic) bond motifs is 6. The highest BCUT2D eigenvalue weighted by Crippen LogP contribution is 2.41. The van der Waals surface area contributed by atoms with E-state index >= 15 is 0 Å². The summed E-state index contributed by atoms with van der Waals surface area (Å²) in [6.45, 7) is 0. The van der Waals surface area contributed by atoms with Crippen molar-refractivity contribution >= 4 is 70.5 Å². The first kappa shape index (κ1) is 25.8. The van der Waals surface area contributed by atoms with Crippen LogP contribution in [0.1, 0.15) is 0 Å². The maximum atomic E-state index is 6.30. The van der Waals surface area contributed by atoms with Crippen LogP contribution in [-0.4, -0.2) is 0 Å². The Labute approximate surface area is 265 Å². The molecule has 0 saturated carbocycles. The molecule has 0 radical (unpaired) electrons. The summed E-state index contributed by atoms with van der Waals surface area (Å²) < 4.78 is 8.95. The second-order valence-electron chi connectivity index (χ2n) is 11.4. The highest BCUT2D eigenvalue weighted by atomic mass is 32.1. The van der Waals surface area contributed by atoms with Gasteiger partial charge in [0.05, 0.1) is 0 Å². The van der Waals surface area contributed by atoms with Gasteiger partial charge in [0.15, 0.2) is 0 Å². The number of benzene rings is 7. The number of thiophene rings is 1. The predicted molar refractivity (Wildman–Crippen MR) is 192 cm³/mol. The second kappa shape index (κ2) is 10.5. The number of hydrogen-bond acceptors (Lipinski definition) is 3. The number of nitrogens with zero attached hydrogens (tertiary/aromatic N) is 1. The fourth-order valence-electron chi connectivity index (χ4n) is 6.44. The third-order valence-corrected chi connectivity index (χ3v) is 9.84. The summed E-state index contributed by atoms with van der Waals surface area (Å²) >= 11 is 1.85. The van der Waals surface area contributed by atoms with Gasteiger partial charge in [0, 0.05) is 54.1 Å². The largest absolute Gasteiger partial charge is 0.456 e. The van der Waals surface area contributed by atoms with Gasteiger partial charge < -0.3 is 9.32 Å². The molecule has 0 atom stereocenters. The van der Waals surface area contributed by atoms with Crippen molar-refractivity contribution in [1.29, 1.82) is 0 Å². The quantitative estimate of drug-likeness (QED) is 0.197. The van der Waals surface area contributed by atoms with E-state index in [4.69, 9.17) is 4.42 Å². The molecule has 2 heterocycles. The van der Waals surface area contributed by atoms with Crippen molar-refractivity contribution in [3.8, 4) is 22.3 Å². The number of anilines is 3. The van der Waals surface area contributed by atoms with Crippen molar-refractivity contribution in [3.63, 3.8) is 0 Å². The molecule has 0 spiro atoms. The first-order valence-corrected chi connectivity index (χ1v) is 16.0. The van der Waals surface area contributed by atoms with Crippen molar-refractivity contribution in [2.24, 2.45) is 0 Å². The average Bonchev–Trinajstić information content (AvgIpc) is 3.67. The second-order valence-corrected chi connectivity index (χ2v) is 12.5. The average molecular weight is 594 g/mol. The molecular formula is C42H27NOS. The molecule has 9 aromatic rings. The molecule has 0 fully saturated rings. The summed E-state index contributed by atoms with van der Waals surface area (Å²) in [5.41, 5.74) is 9.83. The van der Waals surface area contributed by atoms with Gasteiger partial charge in [0.1, 0.15) is 11.2 Å². The molecule has 3 heteroatoms. The summed E-state index contributed by atoms with van der Waals surface area (Å²) in [6, 6.07) is 58.5. The van der Waals surface area contributed by atoms with Gasteiger partial charge in [-0.1, -0.05) is 97.1 Å². The summed E-state index contributed by atoms with van der Waals surface area (Å²) in [7, 11) is 0. The molecule has 0 N–H and O–H groups in total. The molecule has 0 aliphatic heterocycles. The third-order valence-electron chi connectivity index (χ3n) is 8.69. The fraction of sp³-hybridized carbons (Fsp3) is 0. The van der Waals surface area contributed by atoms with Crippen molar-refractivity contribution in [3.05, 3.63) is 164 Å². The fourth-order valence-corrected chi connectivity index (χ4v) is 7.53. The van der Waals surface area contributed by atoms with Gasteiger partial charge in [-0.2, -0.15) is 0 Å². The lowest BCUT2D eigenvalue weighted by Crippen LogP contribution is -2.09. The Bertz CT molecular complexity index is 2470. The van der Waals surface area contributed by atoms with Crippen molar-refractivity contribution < 1.29 is 4.42 Å². The summed E-state index contributed by atoms with van der Waals surface area (Å²) in [6.07, 6.45) is 0. The molecule has 2 aromatic heterocycles. The smallest absolute Gasteiger partial charge is 0.137 e. The molecule has 212 valence electrons. The molecule has 0 amide bonds. The Hall–Kier alpha value is -5.64. The zero-order valence-corrected chi connectivity index (χ0v) is 25.2. The van der Waals surface area contributed by atoms with Crippen LogP contribution in [0.25, 0.3) is 64.4 Å². The van der Waals surface area contributed by atoms with Crippen LogP contribution in [0.4, 0.5) is 17.1 Å². The molecule has 7 aromatic carbocycles. The van der Waals surface area contributed by atoms with E-state index in [1.807, 2.05) is 23.5 Å². The van der Waals surface area contributed by atoms with E-state index < -0.39 is 0 Å². The van der Waals surface area contributed by atoms with Crippen LogP contribution in [0.15, 0.2) is 168 Å². The molecule has 9 rings (SSSR count). The molecular weight excluding hydrogens is 567 g/mol. The summed E-state index contributed by atoms with van der Waals surface area (Å²) in [5, 5.41) is 4.90. The number of furan rings is 1. The van der Waals surface area contributed by atoms with E-state index in [9.17, 15) is 0 Å². The van der Waals surface area contributed by atoms with Crippen molar-refractivity contribution in [2.45, 2.75) is 0 Å². The Morgan fingerprint density at radius 2 is 0.911 bits per heavy atom. The van der Waals surface area contributed by atoms with Gasteiger partial charge in [-0.15, -0.1) is 11.3 Å². The van der Waals surface area contributed by atoms with E-state index in [1.54, 1.807) is 0 Å². The van der Waals surface area contributed by atoms with Gasteiger partial charge in [0.25, 0.3) is 0 Å². The van der Waals surface area contributed by atoms with Gasteiger partial charge in [0.2, 0.25) is 0 Å². The van der Waals surface area contributed by atoms with E-state index in [1.165, 1.54) is 42.4 Å². The molecule has 0 saturated heterocycles. The van der Waals surface area contributed by atoms with Gasteiger partial charge in [-0.25, -0.2) is 0 Å². The molecule has 45 heavy (non-hydrogen) atoms. The Kier molecular flexibility index (Phi) is 6.03. The standard InChI is InChI=1S/C42H27NOS/c1-2-8-28(9-3-1)29-14-19-32(20-15-29)43(34-23-24-36-35-10-4-6-12-39(35)44-40(36)27-34)33-21-16-30(17-22-33)31-18-25-42-38(26-31)37-11-5-7-13-41(37)45-42/h1-27H. The highest BCUT2D eigenvalue weighted by Gasteiger charge is 2.16. The number of rotatable bonds is 5. The summed E-state index contributed by atoms with van der Waals surface area (Å²) in [4.78, 5) is 2.31. The molecule has 0 aliphatic rings. The minimum Gasteiger partial charge on any atom is -0.456 e. The Balaban J connectivity index is 1.14. The van der Waals surface area contributed by atoms with Crippen LogP contribution in [0.5, 0.6) is 0 Å². The van der Waals surface area contributed by atoms with Crippen LogP contribution < -0.4 is 4.90 Å². The number of para-hydroxylation sites is 1. The minimum absolute atomic E-state index is 0.882. The van der Waals surface area contributed by atoms with E-state index in [0.717, 1.165) is 39.0 Å². The first-order chi connectivity index (χ1) is 22.3. The predicted octanol–water partition coefficient (Wildman–Crippen LogP) is 12.8. The van der Waals surface area contributed by atoms with E-state index in [-0.39, 0.29) is 0 Å². The zero-order valence-electron chi connectivity index (χ0n) is 24.4. The van der Waals surface area contributed by atoms with Crippen LogP contribution in [0, 0.1) is 0 Å². The van der Waals surface area contributed by atoms with Crippen molar-refractivity contribution in [2.75, 3.05) is 4.90 Å². The monoisotopic (exact) mass is 593 g/mol. The molecule has 0 aliphatic carbocycles. The topological polar surface area (TPSA) is 16.4 Å². The number of hydrogen-bond donors (Lipinski definition) is 0. The van der Waals surface area contributed by atoms with E-state index in [0.29, 0.717) is 0 Å². The van der Waals surface area contributed by atoms with Crippen LogP contribution in [0.2, 0.25) is 0 Å². The SMILES string of the molecule is c1ccc(-c2ccc(N(c3ccc(-c4ccc5sc6ccccc6c5c4)cc3)c3ccc4c(c3)oc3ccccc34)cc2)cc1. The third kappa shape index (κ3) is 4.48. The lowest BCUT2D eigenvalue weighted by molar-refractivity contribution is 0.669. The lowest BCUT2D eigenvalue weighted by Gasteiger charge is -2.26. The molecule has 2 nitrogen and oxygen atoms in total. The van der Waals surface area contributed by atoms with Crippen LogP contribution in [-0.2, 0) is 0 Å². The first-order valence-electron chi connectivity index (χ1n) is 15.2. The van der Waals surface area contributed by atoms with E-state index in [2.05, 4.69) is 157 Å². The maximum absolute atomic E-state index is 6.30. The lowest BCUT2D eigenvalue weighted by atomic mass is 10.0. The summed E-state index contributed by atoms with van der Waals surface area (Å²) in [5.74, 6) is 0. The minimum atomic E-state index is 0.882. The Morgan fingerprint density at radius 3 is 1.69 bits per heavy atom. The molecule has 0 unspecified atom stereocenters. The van der Waals surface area contributed by atoms with Crippen LogP contribution >= 0.6 is 11.3 Å². The van der Waals surface area contributed by atoms with Gasteiger partial charge in [-0.3, -0.25) is 0 Å². The van der Waals surface area contributed by atoms with Crippen molar-refractivity contribution in [1.82, 2.24) is 0 Å². The Morgan fingerprint density at radius 1 is 0.356 bits per heavy atom. The highest BCUT2D eigenvalue weighted by molar-refractivity contribution is 7.25. The van der Waals surface area contributed by atoms with Gasteiger partial charge >= 0.3 is 0 Å². The van der Waals surface area contributed by atoms with Gasteiger partial charge in [-0.05, 0) is 82.9 Å². The molecule has 0 bridgehead atoms. The normalized spacial score (nSPS) is 11.6. The van der Waals surface area contributed by atoms with Crippen LogP contribution in [0.3, 0.4) is 0 Å². The maximum Gasteiger partial charge on any atom is 0.137 e. The zero-order chi connectivity index (χ0) is 29.7.